The second kappa shape index (κ2) is 8.00. The van der Waals surface area contributed by atoms with Gasteiger partial charge in [0.15, 0.2) is 10.4 Å². The summed E-state index contributed by atoms with van der Waals surface area (Å²) in [7, 11) is 4.01. The number of furan rings is 1. The predicted octanol–water partition coefficient (Wildman–Crippen LogP) is 2.91. The molecular formula is C16H19BrN2O3. The monoisotopic (exact) mass is 366 g/mol. The van der Waals surface area contributed by atoms with E-state index in [4.69, 9.17) is 9.15 Å². The molecule has 22 heavy (non-hydrogen) atoms. The number of halogens is 1. The van der Waals surface area contributed by atoms with E-state index in [1.54, 1.807) is 12.1 Å². The Bertz CT molecular complexity index is 608. The van der Waals surface area contributed by atoms with Gasteiger partial charge in [-0.3, -0.25) is 4.79 Å². The normalized spacial score (nSPS) is 10.7. The molecule has 0 fully saturated rings. The van der Waals surface area contributed by atoms with E-state index < -0.39 is 0 Å². The summed E-state index contributed by atoms with van der Waals surface area (Å²) in [6, 6.07) is 11.0. The first-order valence-electron chi connectivity index (χ1n) is 6.94. The molecule has 6 heteroatoms. The lowest BCUT2D eigenvalue weighted by Gasteiger charge is -2.11. The molecule has 0 spiro atoms. The maximum absolute atomic E-state index is 11.8. The van der Waals surface area contributed by atoms with E-state index in [9.17, 15) is 4.79 Å². The van der Waals surface area contributed by atoms with Crippen LogP contribution in [0.1, 0.15) is 16.1 Å². The number of rotatable bonds is 7. The molecule has 1 amide bonds. The minimum absolute atomic E-state index is 0.239. The molecule has 1 aromatic heterocycles. The van der Waals surface area contributed by atoms with Crippen LogP contribution < -0.4 is 10.1 Å². The Balaban J connectivity index is 1.80. The molecule has 0 aliphatic heterocycles. The third-order valence-corrected chi connectivity index (χ3v) is 3.41. The number of amides is 1. The number of carbonyl (C=O) groups excluding carboxylic acids is 1. The summed E-state index contributed by atoms with van der Waals surface area (Å²) in [4.78, 5) is 13.9. The molecule has 0 saturated heterocycles. The highest BCUT2D eigenvalue weighted by Crippen LogP contribution is 2.15. The quantitative estimate of drug-likeness (QED) is 0.818. The largest absolute Gasteiger partial charge is 0.492 e. The van der Waals surface area contributed by atoms with E-state index in [2.05, 4.69) is 26.1 Å². The zero-order valence-corrected chi connectivity index (χ0v) is 14.2. The Morgan fingerprint density at radius 1 is 1.23 bits per heavy atom. The van der Waals surface area contributed by atoms with Gasteiger partial charge < -0.3 is 19.4 Å². The lowest BCUT2D eigenvalue weighted by molar-refractivity contribution is 0.0922. The van der Waals surface area contributed by atoms with Crippen LogP contribution in [0.2, 0.25) is 0 Å². The highest BCUT2D eigenvalue weighted by atomic mass is 79.9. The second-order valence-corrected chi connectivity index (χ2v) is 5.86. The number of carbonyl (C=O) groups is 1. The van der Waals surface area contributed by atoms with Crippen molar-refractivity contribution in [3.8, 4) is 5.75 Å². The highest BCUT2D eigenvalue weighted by Gasteiger charge is 2.09. The van der Waals surface area contributed by atoms with Crippen molar-refractivity contribution in [1.29, 1.82) is 0 Å². The molecule has 0 atom stereocenters. The van der Waals surface area contributed by atoms with Crippen molar-refractivity contribution in [2.45, 2.75) is 6.54 Å². The van der Waals surface area contributed by atoms with Crippen molar-refractivity contribution in [2.24, 2.45) is 0 Å². The molecule has 118 valence electrons. The molecule has 0 unspecified atom stereocenters. The molecule has 1 heterocycles. The van der Waals surface area contributed by atoms with Crippen molar-refractivity contribution >= 4 is 21.8 Å². The van der Waals surface area contributed by atoms with E-state index in [1.807, 2.05) is 38.4 Å². The minimum Gasteiger partial charge on any atom is -0.492 e. The van der Waals surface area contributed by atoms with Gasteiger partial charge in [0.2, 0.25) is 0 Å². The van der Waals surface area contributed by atoms with Gasteiger partial charge in [0.1, 0.15) is 12.4 Å². The van der Waals surface area contributed by atoms with Crippen LogP contribution in [-0.4, -0.2) is 38.1 Å². The molecule has 0 aliphatic carbocycles. The van der Waals surface area contributed by atoms with Crippen LogP contribution in [-0.2, 0) is 6.54 Å². The fourth-order valence-electron chi connectivity index (χ4n) is 1.76. The Hall–Kier alpha value is -1.79. The second-order valence-electron chi connectivity index (χ2n) is 5.08. The number of likely N-dealkylation sites (N-methyl/N-ethyl adjacent to an activating group) is 1. The molecule has 5 nitrogen and oxygen atoms in total. The Morgan fingerprint density at radius 2 is 1.95 bits per heavy atom. The van der Waals surface area contributed by atoms with Gasteiger partial charge in [0.05, 0.1) is 0 Å². The van der Waals surface area contributed by atoms with Gasteiger partial charge in [-0.05, 0) is 59.9 Å². The average Bonchev–Trinajstić information content (AvgIpc) is 2.92. The van der Waals surface area contributed by atoms with E-state index in [0.717, 1.165) is 17.9 Å². The summed E-state index contributed by atoms with van der Waals surface area (Å²) in [5, 5.41) is 2.81. The van der Waals surface area contributed by atoms with E-state index in [1.165, 1.54) is 0 Å². The number of benzene rings is 1. The van der Waals surface area contributed by atoms with E-state index >= 15 is 0 Å². The smallest absolute Gasteiger partial charge is 0.287 e. The first kappa shape index (κ1) is 16.6. The lowest BCUT2D eigenvalue weighted by atomic mass is 10.2. The predicted molar refractivity (Wildman–Crippen MR) is 88.1 cm³/mol. The topological polar surface area (TPSA) is 54.7 Å². The van der Waals surface area contributed by atoms with Crippen molar-refractivity contribution in [2.75, 3.05) is 27.2 Å². The van der Waals surface area contributed by atoms with Gasteiger partial charge in [0, 0.05) is 13.1 Å². The summed E-state index contributed by atoms with van der Waals surface area (Å²) in [6.45, 7) is 1.96. The highest BCUT2D eigenvalue weighted by molar-refractivity contribution is 9.10. The number of hydrogen-bond donors (Lipinski definition) is 1. The maximum Gasteiger partial charge on any atom is 0.287 e. The number of ether oxygens (including phenoxy) is 1. The first-order valence-corrected chi connectivity index (χ1v) is 7.74. The summed E-state index contributed by atoms with van der Waals surface area (Å²) >= 11 is 3.17. The van der Waals surface area contributed by atoms with Crippen LogP contribution in [0.3, 0.4) is 0 Å². The van der Waals surface area contributed by atoms with Crippen LogP contribution in [0.5, 0.6) is 5.75 Å². The number of nitrogens with zero attached hydrogens (tertiary/aromatic N) is 1. The molecule has 0 bridgehead atoms. The van der Waals surface area contributed by atoms with Gasteiger partial charge in [-0.2, -0.15) is 0 Å². The SMILES string of the molecule is CN(C)CCOc1ccc(CNC(=O)c2ccc(Br)o2)cc1. The van der Waals surface area contributed by atoms with Crippen molar-refractivity contribution in [3.63, 3.8) is 0 Å². The van der Waals surface area contributed by atoms with Gasteiger partial charge in [-0.15, -0.1) is 0 Å². The molecule has 2 rings (SSSR count). The molecule has 1 N–H and O–H groups in total. The molecule has 0 saturated carbocycles. The van der Waals surface area contributed by atoms with Crippen LogP contribution in [0.4, 0.5) is 0 Å². The maximum atomic E-state index is 11.8. The Labute approximate surface area is 138 Å². The molecule has 0 radical (unpaired) electrons. The molecule has 1 aromatic carbocycles. The van der Waals surface area contributed by atoms with Crippen molar-refractivity contribution in [3.05, 3.63) is 52.4 Å². The summed E-state index contributed by atoms with van der Waals surface area (Å²) in [6.07, 6.45) is 0. The van der Waals surface area contributed by atoms with Crippen molar-refractivity contribution in [1.82, 2.24) is 10.2 Å². The fraction of sp³-hybridized carbons (Fsp3) is 0.312. The third-order valence-electron chi connectivity index (χ3n) is 2.98. The molecular weight excluding hydrogens is 348 g/mol. The van der Waals surface area contributed by atoms with Crippen LogP contribution in [0, 0.1) is 0 Å². The van der Waals surface area contributed by atoms with Gasteiger partial charge in [-0.25, -0.2) is 0 Å². The summed E-state index contributed by atoms with van der Waals surface area (Å²) in [5.41, 5.74) is 0.999. The van der Waals surface area contributed by atoms with Gasteiger partial charge >= 0.3 is 0 Å². The standard InChI is InChI=1S/C16H19BrN2O3/c1-19(2)9-10-21-13-5-3-12(4-6-13)11-18-16(20)14-7-8-15(17)22-14/h3-8H,9-11H2,1-2H3,(H,18,20). The minimum atomic E-state index is -0.239. The number of nitrogens with one attached hydrogen (secondary N) is 1. The molecule has 0 aliphatic rings. The first-order chi connectivity index (χ1) is 10.5. The van der Waals surface area contributed by atoms with Crippen LogP contribution >= 0.6 is 15.9 Å². The van der Waals surface area contributed by atoms with E-state index in [0.29, 0.717) is 17.8 Å². The third kappa shape index (κ3) is 5.20. The number of hydrogen-bond acceptors (Lipinski definition) is 4. The zero-order valence-electron chi connectivity index (χ0n) is 12.6. The van der Waals surface area contributed by atoms with Gasteiger partial charge in [0.25, 0.3) is 5.91 Å². The Morgan fingerprint density at radius 3 is 2.55 bits per heavy atom. The zero-order chi connectivity index (χ0) is 15.9. The lowest BCUT2D eigenvalue weighted by Crippen LogP contribution is -2.22. The van der Waals surface area contributed by atoms with Crippen molar-refractivity contribution < 1.29 is 13.9 Å². The van der Waals surface area contributed by atoms with Gasteiger partial charge in [-0.1, -0.05) is 12.1 Å². The average molecular weight is 367 g/mol. The van der Waals surface area contributed by atoms with Crippen LogP contribution in [0.15, 0.2) is 45.5 Å². The molecule has 2 aromatic rings. The summed E-state index contributed by atoms with van der Waals surface area (Å²) in [5.74, 6) is 0.874. The summed E-state index contributed by atoms with van der Waals surface area (Å²) < 4.78 is 11.4. The van der Waals surface area contributed by atoms with Crippen LogP contribution in [0.25, 0.3) is 0 Å². The fourth-order valence-corrected chi connectivity index (χ4v) is 2.06. The van der Waals surface area contributed by atoms with E-state index in [-0.39, 0.29) is 11.7 Å². The Kier molecular flexibility index (Phi) is 6.03.